The molecule has 1 aromatic carbocycles. The maximum atomic E-state index is 12.9. The van der Waals surface area contributed by atoms with E-state index in [-0.39, 0.29) is 23.6 Å². The lowest BCUT2D eigenvalue weighted by atomic mass is 10.0. The first-order chi connectivity index (χ1) is 9.11. The summed E-state index contributed by atoms with van der Waals surface area (Å²) in [4.78, 5) is 12.0. The maximum absolute atomic E-state index is 12.9. The SMILES string of the molecule is CO[C@@H]1CCNC[C@@H]1NC(=O)c1ccc(F)c(O)c1. The van der Waals surface area contributed by atoms with E-state index in [2.05, 4.69) is 10.6 Å². The number of methoxy groups -OCH3 is 1. The molecule has 0 unspecified atom stereocenters. The number of benzene rings is 1. The Balaban J connectivity index is 2.05. The highest BCUT2D eigenvalue weighted by Gasteiger charge is 2.26. The summed E-state index contributed by atoms with van der Waals surface area (Å²) >= 11 is 0. The van der Waals surface area contributed by atoms with Crippen LogP contribution in [-0.4, -0.2) is 43.4 Å². The molecule has 1 aromatic rings. The lowest BCUT2D eigenvalue weighted by Crippen LogP contribution is -2.54. The van der Waals surface area contributed by atoms with Gasteiger partial charge in [-0.2, -0.15) is 0 Å². The van der Waals surface area contributed by atoms with E-state index in [0.717, 1.165) is 25.1 Å². The van der Waals surface area contributed by atoms with E-state index in [9.17, 15) is 14.3 Å². The van der Waals surface area contributed by atoms with Crippen LogP contribution in [-0.2, 0) is 4.74 Å². The van der Waals surface area contributed by atoms with Crippen molar-refractivity contribution in [2.24, 2.45) is 0 Å². The van der Waals surface area contributed by atoms with Crippen LogP contribution in [0.3, 0.4) is 0 Å². The fourth-order valence-electron chi connectivity index (χ4n) is 2.17. The van der Waals surface area contributed by atoms with Crippen molar-refractivity contribution in [3.05, 3.63) is 29.6 Å². The van der Waals surface area contributed by atoms with Crippen molar-refractivity contribution >= 4 is 5.91 Å². The molecule has 0 aromatic heterocycles. The third-order valence-electron chi connectivity index (χ3n) is 3.25. The number of carbonyl (C=O) groups is 1. The second-order valence-electron chi connectivity index (χ2n) is 4.51. The standard InChI is InChI=1S/C13H17FN2O3/c1-19-12-4-5-15-7-10(12)16-13(18)8-2-3-9(14)11(17)6-8/h2-3,6,10,12,15,17H,4-5,7H2,1H3,(H,16,18)/t10-,12+/m0/s1. The van der Waals surface area contributed by atoms with Crippen molar-refractivity contribution in [3.63, 3.8) is 0 Å². The number of rotatable bonds is 3. The van der Waals surface area contributed by atoms with Gasteiger partial charge in [-0.1, -0.05) is 0 Å². The number of hydrogen-bond donors (Lipinski definition) is 3. The van der Waals surface area contributed by atoms with Crippen molar-refractivity contribution in [1.82, 2.24) is 10.6 Å². The van der Waals surface area contributed by atoms with Gasteiger partial charge in [0.25, 0.3) is 5.91 Å². The highest BCUT2D eigenvalue weighted by Crippen LogP contribution is 2.17. The molecule has 0 spiro atoms. The Morgan fingerprint density at radius 3 is 3.05 bits per heavy atom. The van der Waals surface area contributed by atoms with Gasteiger partial charge in [-0.25, -0.2) is 4.39 Å². The van der Waals surface area contributed by atoms with Crippen LogP contribution in [0.1, 0.15) is 16.8 Å². The summed E-state index contributed by atoms with van der Waals surface area (Å²) in [5, 5.41) is 15.3. The number of piperidine rings is 1. The van der Waals surface area contributed by atoms with E-state index in [0.29, 0.717) is 6.54 Å². The molecular formula is C13H17FN2O3. The molecule has 6 heteroatoms. The average molecular weight is 268 g/mol. The van der Waals surface area contributed by atoms with Crippen LogP contribution in [0, 0.1) is 5.82 Å². The van der Waals surface area contributed by atoms with Crippen LogP contribution in [0.2, 0.25) is 0 Å². The first-order valence-corrected chi connectivity index (χ1v) is 6.14. The highest BCUT2D eigenvalue weighted by atomic mass is 19.1. The lowest BCUT2D eigenvalue weighted by molar-refractivity contribution is 0.0448. The summed E-state index contributed by atoms with van der Waals surface area (Å²) in [7, 11) is 1.61. The third kappa shape index (κ3) is 3.21. The van der Waals surface area contributed by atoms with Crippen LogP contribution in [0.15, 0.2) is 18.2 Å². The second kappa shape index (κ2) is 5.99. The predicted octanol–water partition coefficient (Wildman–Crippen LogP) is 0.638. The summed E-state index contributed by atoms with van der Waals surface area (Å²) in [5.41, 5.74) is 0.222. The van der Waals surface area contributed by atoms with E-state index < -0.39 is 11.6 Å². The molecule has 1 amide bonds. The molecule has 2 rings (SSSR count). The van der Waals surface area contributed by atoms with Crippen LogP contribution < -0.4 is 10.6 Å². The quantitative estimate of drug-likeness (QED) is 0.752. The minimum absolute atomic E-state index is 0.0424. The number of hydrogen-bond acceptors (Lipinski definition) is 4. The largest absolute Gasteiger partial charge is 0.505 e. The van der Waals surface area contributed by atoms with Gasteiger partial charge < -0.3 is 20.5 Å². The number of phenolic OH excluding ortho intramolecular Hbond substituents is 1. The molecule has 19 heavy (non-hydrogen) atoms. The highest BCUT2D eigenvalue weighted by molar-refractivity contribution is 5.94. The molecule has 104 valence electrons. The number of phenols is 1. The molecule has 1 aliphatic heterocycles. The summed E-state index contributed by atoms with van der Waals surface area (Å²) < 4.78 is 18.2. The van der Waals surface area contributed by atoms with Gasteiger partial charge in [0.1, 0.15) is 0 Å². The Morgan fingerprint density at radius 1 is 1.58 bits per heavy atom. The fourth-order valence-corrected chi connectivity index (χ4v) is 2.17. The first kappa shape index (κ1) is 13.8. The van der Waals surface area contributed by atoms with E-state index in [1.165, 1.54) is 6.07 Å². The molecule has 0 aliphatic carbocycles. The van der Waals surface area contributed by atoms with Gasteiger partial charge >= 0.3 is 0 Å². The maximum Gasteiger partial charge on any atom is 0.251 e. The summed E-state index contributed by atoms with van der Waals surface area (Å²) in [6, 6.07) is 3.38. The van der Waals surface area contributed by atoms with Crippen molar-refractivity contribution < 1.29 is 19.0 Å². The number of carbonyl (C=O) groups excluding carboxylic acids is 1. The first-order valence-electron chi connectivity index (χ1n) is 6.14. The van der Waals surface area contributed by atoms with Gasteiger partial charge in [-0.15, -0.1) is 0 Å². The zero-order valence-electron chi connectivity index (χ0n) is 10.6. The predicted molar refractivity (Wildman–Crippen MR) is 67.6 cm³/mol. The van der Waals surface area contributed by atoms with Gasteiger partial charge in [0.05, 0.1) is 12.1 Å². The molecule has 1 saturated heterocycles. The van der Waals surface area contributed by atoms with E-state index in [4.69, 9.17) is 4.74 Å². The van der Waals surface area contributed by atoms with E-state index in [1.54, 1.807) is 7.11 Å². The molecule has 1 fully saturated rings. The van der Waals surface area contributed by atoms with Crippen LogP contribution in [0.5, 0.6) is 5.75 Å². The van der Waals surface area contributed by atoms with Gasteiger partial charge in [-0.05, 0) is 31.2 Å². The summed E-state index contributed by atoms with van der Waals surface area (Å²) in [6.07, 6.45) is 0.773. The lowest BCUT2D eigenvalue weighted by Gasteiger charge is -2.31. The smallest absolute Gasteiger partial charge is 0.251 e. The van der Waals surface area contributed by atoms with Gasteiger partial charge in [-0.3, -0.25) is 4.79 Å². The van der Waals surface area contributed by atoms with E-state index in [1.807, 2.05) is 0 Å². The number of nitrogens with one attached hydrogen (secondary N) is 2. The monoisotopic (exact) mass is 268 g/mol. The summed E-state index contributed by atoms with van der Waals surface area (Å²) in [5.74, 6) is -1.63. The zero-order valence-corrected chi connectivity index (χ0v) is 10.6. The minimum atomic E-state index is -0.745. The Labute approximate surface area is 110 Å². The zero-order chi connectivity index (χ0) is 13.8. The summed E-state index contributed by atoms with van der Waals surface area (Å²) in [6.45, 7) is 1.47. The van der Waals surface area contributed by atoms with Crippen molar-refractivity contribution in [2.75, 3.05) is 20.2 Å². The Morgan fingerprint density at radius 2 is 2.37 bits per heavy atom. The molecule has 2 atom stereocenters. The Bertz CT molecular complexity index is 467. The molecule has 3 N–H and O–H groups in total. The molecule has 1 heterocycles. The number of amides is 1. The van der Waals surface area contributed by atoms with Gasteiger partial charge in [0.2, 0.25) is 0 Å². The topological polar surface area (TPSA) is 70.6 Å². The fraction of sp³-hybridized carbons (Fsp3) is 0.462. The van der Waals surface area contributed by atoms with Crippen LogP contribution in [0.4, 0.5) is 4.39 Å². The van der Waals surface area contributed by atoms with Gasteiger partial charge in [0, 0.05) is 19.2 Å². The van der Waals surface area contributed by atoms with Crippen LogP contribution >= 0.6 is 0 Å². The molecule has 1 aliphatic rings. The molecule has 0 radical (unpaired) electrons. The normalized spacial score (nSPS) is 23.1. The van der Waals surface area contributed by atoms with Crippen LogP contribution in [0.25, 0.3) is 0 Å². The number of halogens is 1. The molecule has 5 nitrogen and oxygen atoms in total. The second-order valence-corrected chi connectivity index (χ2v) is 4.51. The van der Waals surface area contributed by atoms with Crippen molar-refractivity contribution in [2.45, 2.75) is 18.6 Å². The van der Waals surface area contributed by atoms with Gasteiger partial charge in [0.15, 0.2) is 11.6 Å². The Hall–Kier alpha value is -1.66. The third-order valence-corrected chi connectivity index (χ3v) is 3.25. The molecule has 0 bridgehead atoms. The minimum Gasteiger partial charge on any atom is -0.505 e. The number of ether oxygens (including phenoxy) is 1. The Kier molecular flexibility index (Phi) is 4.34. The van der Waals surface area contributed by atoms with Crippen molar-refractivity contribution in [1.29, 1.82) is 0 Å². The number of aromatic hydroxyl groups is 1. The average Bonchev–Trinajstić information content (AvgIpc) is 2.42. The van der Waals surface area contributed by atoms with E-state index >= 15 is 0 Å². The molecular weight excluding hydrogens is 251 g/mol. The van der Waals surface area contributed by atoms with Crippen molar-refractivity contribution in [3.8, 4) is 5.75 Å². The molecule has 0 saturated carbocycles.